The van der Waals surface area contributed by atoms with Gasteiger partial charge in [-0.05, 0) is 55.7 Å². The zero-order valence-corrected chi connectivity index (χ0v) is 20.8. The second-order valence-corrected chi connectivity index (χ2v) is 9.44. The Kier molecular flexibility index (Phi) is 6.10. The number of nitrogens with zero attached hydrogens (tertiary/aromatic N) is 3. The van der Waals surface area contributed by atoms with Gasteiger partial charge in [-0.2, -0.15) is 0 Å². The largest absolute Gasteiger partial charge is 0.493 e. The van der Waals surface area contributed by atoms with Gasteiger partial charge in [-0.15, -0.1) is 0 Å². The van der Waals surface area contributed by atoms with Gasteiger partial charge in [-0.25, -0.2) is 8.78 Å². The fourth-order valence-electron chi connectivity index (χ4n) is 5.29. The first-order valence-corrected chi connectivity index (χ1v) is 12.0. The molecular formula is C27H29F2N3O4. The van der Waals surface area contributed by atoms with Crippen molar-refractivity contribution < 1.29 is 27.8 Å². The molecule has 7 nitrogen and oxygen atoms in total. The molecule has 1 atom stereocenters. The standard InChI is InChI=1S/C27H29F2N3O4/c1-15-11-19-21(30(15)2)5-6-22(25(19)29)32-14-20(26(33)31-9-7-16(28)8-10-31)17-12-23(35-3)24(36-4)13-18(17)27(32)34/h5-6,11-13,16,20H,7-10,14H2,1-4H3. The number of piperidine rings is 1. The second kappa shape index (κ2) is 9.11. The average molecular weight is 498 g/mol. The number of carbonyl (C=O) groups excluding carboxylic acids is 2. The van der Waals surface area contributed by atoms with Crippen molar-refractivity contribution in [3.8, 4) is 11.5 Å². The monoisotopic (exact) mass is 497 g/mol. The first kappa shape index (κ1) is 24.1. The third kappa shape index (κ3) is 3.77. The Labute approximate surface area is 208 Å². The molecule has 1 aromatic heterocycles. The van der Waals surface area contributed by atoms with Gasteiger partial charge in [0.2, 0.25) is 5.91 Å². The maximum absolute atomic E-state index is 15.8. The number of halogens is 2. The van der Waals surface area contributed by atoms with Gasteiger partial charge in [0.05, 0.1) is 31.3 Å². The van der Waals surface area contributed by atoms with Gasteiger partial charge in [0, 0.05) is 43.3 Å². The van der Waals surface area contributed by atoms with Gasteiger partial charge in [0.1, 0.15) is 6.17 Å². The van der Waals surface area contributed by atoms with Crippen molar-refractivity contribution in [3.05, 3.63) is 53.0 Å². The van der Waals surface area contributed by atoms with E-state index in [2.05, 4.69) is 0 Å². The Morgan fingerprint density at radius 3 is 2.39 bits per heavy atom. The number of anilines is 1. The molecule has 0 bridgehead atoms. The molecule has 9 heteroatoms. The van der Waals surface area contributed by atoms with Crippen LogP contribution in [0.15, 0.2) is 30.3 Å². The number of hydrogen-bond donors (Lipinski definition) is 0. The maximum atomic E-state index is 15.8. The van der Waals surface area contributed by atoms with E-state index in [4.69, 9.17) is 9.47 Å². The molecule has 3 heterocycles. The number of carbonyl (C=O) groups is 2. The maximum Gasteiger partial charge on any atom is 0.258 e. The van der Waals surface area contributed by atoms with Crippen LogP contribution in [-0.4, -0.2) is 61.3 Å². The Balaban J connectivity index is 1.63. The summed E-state index contributed by atoms with van der Waals surface area (Å²) in [6, 6.07) is 8.29. The summed E-state index contributed by atoms with van der Waals surface area (Å²) in [7, 11) is 4.80. The van der Waals surface area contributed by atoms with E-state index in [0.29, 0.717) is 41.1 Å². The van der Waals surface area contributed by atoms with Crippen LogP contribution < -0.4 is 14.4 Å². The molecule has 2 aliphatic heterocycles. The van der Waals surface area contributed by atoms with Crippen molar-refractivity contribution in [1.82, 2.24) is 9.47 Å². The lowest BCUT2D eigenvalue weighted by molar-refractivity contribution is -0.134. The van der Waals surface area contributed by atoms with Crippen LogP contribution >= 0.6 is 0 Å². The number of benzene rings is 2. The molecule has 190 valence electrons. The lowest BCUT2D eigenvalue weighted by atomic mass is 9.86. The minimum Gasteiger partial charge on any atom is -0.493 e. The molecular weight excluding hydrogens is 468 g/mol. The van der Waals surface area contributed by atoms with Crippen LogP contribution in [0.2, 0.25) is 0 Å². The van der Waals surface area contributed by atoms with E-state index < -0.39 is 23.8 Å². The molecule has 0 N–H and O–H groups in total. The first-order chi connectivity index (χ1) is 17.2. The third-order valence-corrected chi connectivity index (χ3v) is 7.48. The summed E-state index contributed by atoms with van der Waals surface area (Å²) in [4.78, 5) is 30.4. The summed E-state index contributed by atoms with van der Waals surface area (Å²) in [5.41, 5.74) is 2.46. The molecule has 0 spiro atoms. The molecule has 2 aromatic carbocycles. The van der Waals surface area contributed by atoms with E-state index in [1.165, 1.54) is 19.1 Å². The van der Waals surface area contributed by atoms with Crippen LogP contribution in [0.5, 0.6) is 11.5 Å². The molecule has 1 fully saturated rings. The molecule has 0 aliphatic carbocycles. The number of hydrogen-bond acceptors (Lipinski definition) is 4. The Bertz CT molecular complexity index is 1360. The van der Waals surface area contributed by atoms with E-state index in [-0.39, 0.29) is 36.5 Å². The molecule has 0 radical (unpaired) electrons. The van der Waals surface area contributed by atoms with E-state index in [9.17, 15) is 14.0 Å². The molecule has 2 aliphatic rings. The molecule has 1 saturated heterocycles. The number of rotatable bonds is 4. The average Bonchev–Trinajstić information content (AvgIpc) is 3.18. The van der Waals surface area contributed by atoms with Gasteiger partial charge in [-0.1, -0.05) is 0 Å². The van der Waals surface area contributed by atoms with E-state index >= 15 is 4.39 Å². The van der Waals surface area contributed by atoms with Crippen LogP contribution in [0, 0.1) is 12.7 Å². The number of fused-ring (bicyclic) bond motifs is 2. The van der Waals surface area contributed by atoms with Gasteiger partial charge >= 0.3 is 0 Å². The number of aromatic nitrogens is 1. The predicted molar refractivity (Wildman–Crippen MR) is 132 cm³/mol. The molecule has 2 amide bonds. The lowest BCUT2D eigenvalue weighted by Gasteiger charge is -2.38. The SMILES string of the molecule is COc1cc2c(cc1OC)C(C(=O)N1CCC(F)CC1)CN(c1ccc3c(cc(C)n3C)c1F)C2=O. The van der Waals surface area contributed by atoms with Crippen LogP contribution in [0.3, 0.4) is 0 Å². The Hall–Kier alpha value is -3.62. The van der Waals surface area contributed by atoms with Crippen LogP contribution in [0.25, 0.3) is 10.9 Å². The summed E-state index contributed by atoms with van der Waals surface area (Å²) in [5, 5.41) is 0.409. The number of likely N-dealkylation sites (tertiary alicyclic amines) is 1. The minimum atomic E-state index is -0.926. The molecule has 5 rings (SSSR count). The highest BCUT2D eigenvalue weighted by atomic mass is 19.1. The summed E-state index contributed by atoms with van der Waals surface area (Å²) in [5.74, 6) is -1.19. The Morgan fingerprint density at radius 2 is 1.72 bits per heavy atom. The van der Waals surface area contributed by atoms with Crippen molar-refractivity contribution in [2.24, 2.45) is 7.05 Å². The molecule has 36 heavy (non-hydrogen) atoms. The Morgan fingerprint density at radius 1 is 1.06 bits per heavy atom. The number of alkyl halides is 1. The van der Waals surface area contributed by atoms with Crippen LogP contribution in [-0.2, 0) is 11.8 Å². The minimum absolute atomic E-state index is 0.0378. The van der Waals surface area contributed by atoms with Gasteiger partial charge < -0.3 is 23.8 Å². The number of amides is 2. The van der Waals surface area contributed by atoms with Gasteiger partial charge in [-0.3, -0.25) is 9.59 Å². The van der Waals surface area contributed by atoms with E-state index in [0.717, 1.165) is 5.69 Å². The fraction of sp³-hybridized carbons (Fsp3) is 0.407. The van der Waals surface area contributed by atoms with Crippen molar-refractivity contribution in [3.63, 3.8) is 0 Å². The van der Waals surface area contributed by atoms with Crippen molar-refractivity contribution in [2.45, 2.75) is 31.9 Å². The van der Waals surface area contributed by atoms with E-state index in [1.54, 1.807) is 35.2 Å². The van der Waals surface area contributed by atoms with E-state index in [1.807, 2.05) is 18.5 Å². The number of aryl methyl sites for hydroxylation is 2. The highest BCUT2D eigenvalue weighted by Crippen LogP contribution is 2.41. The quantitative estimate of drug-likeness (QED) is 0.538. The van der Waals surface area contributed by atoms with Gasteiger partial charge in [0.25, 0.3) is 5.91 Å². The number of ether oxygens (including phenoxy) is 2. The van der Waals surface area contributed by atoms with Crippen LogP contribution in [0.1, 0.15) is 40.4 Å². The zero-order chi connectivity index (χ0) is 25.7. The summed E-state index contributed by atoms with van der Waals surface area (Å²) >= 11 is 0. The van der Waals surface area contributed by atoms with Crippen molar-refractivity contribution in [1.29, 1.82) is 0 Å². The normalized spacial score (nSPS) is 18.5. The molecule has 1 unspecified atom stereocenters. The third-order valence-electron chi connectivity index (χ3n) is 7.48. The zero-order valence-electron chi connectivity index (χ0n) is 20.8. The van der Waals surface area contributed by atoms with Crippen molar-refractivity contribution >= 4 is 28.4 Å². The smallest absolute Gasteiger partial charge is 0.258 e. The van der Waals surface area contributed by atoms with Crippen molar-refractivity contribution in [2.75, 3.05) is 38.8 Å². The topological polar surface area (TPSA) is 64.0 Å². The summed E-state index contributed by atoms with van der Waals surface area (Å²) < 4.78 is 42.3. The summed E-state index contributed by atoms with van der Waals surface area (Å²) in [6.45, 7) is 2.45. The summed E-state index contributed by atoms with van der Waals surface area (Å²) in [6.07, 6.45) is -0.373. The highest BCUT2D eigenvalue weighted by molar-refractivity contribution is 6.11. The highest BCUT2D eigenvalue weighted by Gasteiger charge is 2.40. The van der Waals surface area contributed by atoms with Gasteiger partial charge in [0.15, 0.2) is 17.3 Å². The second-order valence-electron chi connectivity index (χ2n) is 9.44. The number of methoxy groups -OCH3 is 2. The predicted octanol–water partition coefficient (Wildman–Crippen LogP) is 4.35. The first-order valence-electron chi connectivity index (χ1n) is 12.0. The molecule has 3 aromatic rings. The fourth-order valence-corrected chi connectivity index (χ4v) is 5.29. The van der Waals surface area contributed by atoms with Crippen LogP contribution in [0.4, 0.5) is 14.5 Å². The lowest BCUT2D eigenvalue weighted by Crippen LogP contribution is -2.48. The molecule has 0 saturated carbocycles.